The monoisotopic (exact) mass is 389 g/mol. The minimum Gasteiger partial charge on any atom is -0.399 e. The molecule has 0 aliphatic carbocycles. The summed E-state index contributed by atoms with van der Waals surface area (Å²) in [4.78, 5) is 12.6. The lowest BCUT2D eigenvalue weighted by molar-refractivity contribution is 0.0954. The van der Waals surface area contributed by atoms with Gasteiger partial charge in [-0.25, -0.2) is 8.42 Å². The van der Waals surface area contributed by atoms with Gasteiger partial charge in [-0.2, -0.15) is 4.31 Å². The van der Waals surface area contributed by atoms with Gasteiger partial charge >= 0.3 is 0 Å². The molecule has 27 heavy (non-hydrogen) atoms. The fourth-order valence-electron chi connectivity index (χ4n) is 2.83. The average Bonchev–Trinajstić information content (AvgIpc) is 2.64. The van der Waals surface area contributed by atoms with E-state index < -0.39 is 10.0 Å². The van der Waals surface area contributed by atoms with Crippen LogP contribution in [-0.2, 0) is 16.4 Å². The Morgan fingerprint density at radius 2 is 1.70 bits per heavy atom. The Labute approximate surface area is 161 Å². The first-order valence-corrected chi connectivity index (χ1v) is 10.5. The first-order chi connectivity index (χ1) is 12.8. The fourth-order valence-corrected chi connectivity index (χ4v) is 4.54. The molecule has 0 saturated carbocycles. The van der Waals surface area contributed by atoms with Crippen molar-refractivity contribution >= 4 is 21.6 Å². The third-order valence-corrected chi connectivity index (χ3v) is 6.64. The third-order valence-electron chi connectivity index (χ3n) is 4.45. The molecule has 0 radical (unpaired) electrons. The second-order valence-electron chi connectivity index (χ2n) is 6.32. The number of aryl methyl sites for hydroxylation is 1. The lowest BCUT2D eigenvalue weighted by Crippen LogP contribution is -2.31. The molecule has 0 fully saturated rings. The normalized spacial score (nSPS) is 11.6. The van der Waals surface area contributed by atoms with E-state index in [1.54, 1.807) is 32.9 Å². The van der Waals surface area contributed by atoms with Crippen LogP contribution in [0.3, 0.4) is 0 Å². The standard InChI is InChI=1S/C20H27N3O3S/c1-4-23(5-2)27(25,26)19-14-17(9-6-15(19)3)20(24)22-13-12-16-7-10-18(21)11-8-16/h6-11,14H,4-5,12-13,21H2,1-3H3,(H,22,24). The van der Waals surface area contributed by atoms with E-state index in [1.165, 1.54) is 10.4 Å². The summed E-state index contributed by atoms with van der Waals surface area (Å²) in [5.41, 5.74) is 8.39. The molecule has 0 saturated heterocycles. The zero-order chi connectivity index (χ0) is 20.0. The van der Waals surface area contributed by atoms with Crippen LogP contribution >= 0.6 is 0 Å². The van der Waals surface area contributed by atoms with E-state index >= 15 is 0 Å². The zero-order valence-corrected chi connectivity index (χ0v) is 16.8. The smallest absolute Gasteiger partial charge is 0.251 e. The Morgan fingerprint density at radius 1 is 1.07 bits per heavy atom. The summed E-state index contributed by atoms with van der Waals surface area (Å²) in [6.45, 7) is 6.55. The molecule has 0 spiro atoms. The van der Waals surface area contributed by atoms with Gasteiger partial charge in [0.1, 0.15) is 0 Å². The first kappa shape index (κ1) is 20.9. The van der Waals surface area contributed by atoms with E-state index in [-0.39, 0.29) is 10.8 Å². The average molecular weight is 390 g/mol. The number of carbonyl (C=O) groups excluding carboxylic acids is 1. The summed E-state index contributed by atoms with van der Waals surface area (Å²) in [6.07, 6.45) is 0.669. The number of amides is 1. The Kier molecular flexibility index (Phi) is 6.98. The molecule has 0 aliphatic rings. The fraction of sp³-hybridized carbons (Fsp3) is 0.350. The van der Waals surface area contributed by atoms with Crippen LogP contribution in [0.15, 0.2) is 47.4 Å². The van der Waals surface area contributed by atoms with Crippen molar-refractivity contribution in [3.63, 3.8) is 0 Å². The predicted molar refractivity (Wildman–Crippen MR) is 108 cm³/mol. The van der Waals surface area contributed by atoms with Crippen LogP contribution in [0.25, 0.3) is 0 Å². The van der Waals surface area contributed by atoms with Gasteiger partial charge in [0.05, 0.1) is 4.90 Å². The number of nitrogen functional groups attached to an aromatic ring is 1. The van der Waals surface area contributed by atoms with Gasteiger partial charge in [-0.15, -0.1) is 0 Å². The van der Waals surface area contributed by atoms with Crippen molar-refractivity contribution in [3.8, 4) is 0 Å². The predicted octanol–water partition coefficient (Wildman–Crippen LogP) is 2.58. The van der Waals surface area contributed by atoms with E-state index in [0.717, 1.165) is 5.56 Å². The minimum atomic E-state index is -3.61. The van der Waals surface area contributed by atoms with E-state index in [2.05, 4.69) is 5.32 Å². The third kappa shape index (κ3) is 5.08. The molecule has 2 aromatic carbocycles. The van der Waals surface area contributed by atoms with Crippen LogP contribution in [0.1, 0.15) is 35.3 Å². The van der Waals surface area contributed by atoms with Gasteiger partial charge in [0.2, 0.25) is 10.0 Å². The highest BCUT2D eigenvalue weighted by Gasteiger charge is 2.24. The van der Waals surface area contributed by atoms with Crippen molar-refractivity contribution in [1.82, 2.24) is 9.62 Å². The van der Waals surface area contributed by atoms with Crippen LogP contribution in [0, 0.1) is 6.92 Å². The zero-order valence-electron chi connectivity index (χ0n) is 16.0. The topological polar surface area (TPSA) is 92.5 Å². The first-order valence-electron chi connectivity index (χ1n) is 9.03. The van der Waals surface area contributed by atoms with Crippen molar-refractivity contribution < 1.29 is 13.2 Å². The molecule has 1 amide bonds. The number of carbonyl (C=O) groups is 1. The van der Waals surface area contributed by atoms with Crippen molar-refractivity contribution in [3.05, 3.63) is 59.2 Å². The van der Waals surface area contributed by atoms with Crippen LogP contribution in [0.4, 0.5) is 5.69 Å². The molecule has 0 atom stereocenters. The molecule has 2 rings (SSSR count). The lowest BCUT2D eigenvalue weighted by Gasteiger charge is -2.20. The van der Waals surface area contributed by atoms with E-state index in [0.29, 0.717) is 42.9 Å². The SMILES string of the molecule is CCN(CC)S(=O)(=O)c1cc(C(=O)NCCc2ccc(N)cc2)ccc1C. The molecule has 0 heterocycles. The molecule has 0 aliphatic heterocycles. The largest absolute Gasteiger partial charge is 0.399 e. The van der Waals surface area contributed by atoms with Crippen molar-refractivity contribution in [2.75, 3.05) is 25.4 Å². The summed E-state index contributed by atoms with van der Waals surface area (Å²) in [7, 11) is -3.61. The number of sulfonamides is 1. The maximum Gasteiger partial charge on any atom is 0.251 e. The molecular formula is C20H27N3O3S. The molecule has 146 valence electrons. The number of nitrogens with zero attached hydrogens (tertiary/aromatic N) is 1. The molecule has 0 aromatic heterocycles. The van der Waals surface area contributed by atoms with Gasteiger partial charge < -0.3 is 11.1 Å². The highest BCUT2D eigenvalue weighted by Crippen LogP contribution is 2.21. The van der Waals surface area contributed by atoms with Gasteiger partial charge in [0.25, 0.3) is 5.91 Å². The van der Waals surface area contributed by atoms with E-state index in [9.17, 15) is 13.2 Å². The second kappa shape index (κ2) is 9.01. The van der Waals surface area contributed by atoms with Crippen LogP contribution in [-0.4, -0.2) is 38.3 Å². The van der Waals surface area contributed by atoms with E-state index in [4.69, 9.17) is 5.73 Å². The van der Waals surface area contributed by atoms with Crippen LogP contribution < -0.4 is 11.1 Å². The Balaban J connectivity index is 2.12. The summed E-state index contributed by atoms with van der Waals surface area (Å²) in [5, 5.41) is 2.84. The van der Waals surface area contributed by atoms with Crippen LogP contribution in [0.2, 0.25) is 0 Å². The molecule has 0 unspecified atom stereocenters. The minimum absolute atomic E-state index is 0.178. The van der Waals surface area contributed by atoms with Gasteiger partial charge in [-0.3, -0.25) is 4.79 Å². The number of rotatable bonds is 8. The van der Waals surface area contributed by atoms with E-state index in [1.807, 2.05) is 24.3 Å². The molecule has 2 aromatic rings. The van der Waals surface area contributed by atoms with Crippen molar-refractivity contribution in [2.24, 2.45) is 0 Å². The van der Waals surface area contributed by atoms with Crippen molar-refractivity contribution in [1.29, 1.82) is 0 Å². The molecule has 7 heteroatoms. The number of hydrogen-bond acceptors (Lipinski definition) is 4. The highest BCUT2D eigenvalue weighted by molar-refractivity contribution is 7.89. The summed E-state index contributed by atoms with van der Waals surface area (Å²) >= 11 is 0. The Bertz CT molecular complexity index is 889. The van der Waals surface area contributed by atoms with Gasteiger partial charge in [0, 0.05) is 30.9 Å². The van der Waals surface area contributed by atoms with Crippen molar-refractivity contribution in [2.45, 2.75) is 32.1 Å². The molecule has 3 N–H and O–H groups in total. The highest BCUT2D eigenvalue weighted by atomic mass is 32.2. The molecular weight excluding hydrogens is 362 g/mol. The maximum absolute atomic E-state index is 12.8. The number of nitrogens with two attached hydrogens (primary N) is 1. The number of benzene rings is 2. The summed E-state index contributed by atoms with van der Waals surface area (Å²) in [6, 6.07) is 12.3. The number of nitrogens with one attached hydrogen (secondary N) is 1. The quantitative estimate of drug-likeness (QED) is 0.679. The number of hydrogen-bond donors (Lipinski definition) is 2. The second-order valence-corrected chi connectivity index (χ2v) is 8.22. The Hall–Kier alpha value is -2.38. The summed E-state index contributed by atoms with van der Waals surface area (Å²) in [5.74, 6) is -0.290. The lowest BCUT2D eigenvalue weighted by atomic mass is 10.1. The van der Waals surface area contributed by atoms with Gasteiger partial charge in [-0.05, 0) is 48.7 Å². The maximum atomic E-state index is 12.8. The summed E-state index contributed by atoms with van der Waals surface area (Å²) < 4.78 is 27.0. The molecule has 6 nitrogen and oxygen atoms in total. The van der Waals surface area contributed by atoms with Gasteiger partial charge in [-0.1, -0.05) is 32.0 Å². The Morgan fingerprint density at radius 3 is 2.30 bits per heavy atom. The van der Waals surface area contributed by atoms with Gasteiger partial charge in [0.15, 0.2) is 0 Å². The number of anilines is 1. The van der Waals surface area contributed by atoms with Crippen LogP contribution in [0.5, 0.6) is 0 Å². The molecule has 0 bridgehead atoms.